The monoisotopic (exact) mass is 145 g/mol. The van der Waals surface area contributed by atoms with E-state index in [4.69, 9.17) is 5.11 Å². The molecule has 4 heteroatoms. The molecule has 1 unspecified atom stereocenters. The molecule has 0 radical (unpaired) electrons. The van der Waals surface area contributed by atoms with Crippen molar-refractivity contribution in [3.8, 4) is 0 Å². The van der Waals surface area contributed by atoms with Crippen molar-refractivity contribution >= 4 is 12.2 Å². The number of carbonyl (C=O) groups is 2. The van der Waals surface area contributed by atoms with Gasteiger partial charge in [0.05, 0.1) is 0 Å². The second-order valence-electron chi connectivity index (χ2n) is 1.98. The lowest BCUT2D eigenvalue weighted by molar-refractivity contribution is -0.120. The van der Waals surface area contributed by atoms with Crippen molar-refractivity contribution in [1.82, 2.24) is 5.32 Å². The normalized spacial score (nSPS) is 12.2. The molecule has 0 aromatic heterocycles. The summed E-state index contributed by atoms with van der Waals surface area (Å²) in [6, 6.07) is 0. The average molecular weight is 145 g/mol. The Morgan fingerprint density at radius 2 is 2.40 bits per heavy atom. The predicted octanol–water partition coefficient (Wildman–Crippen LogP) is -0.928. The molecule has 0 aliphatic carbocycles. The Hall–Kier alpha value is -0.900. The fourth-order valence-corrected chi connectivity index (χ4v) is 0.464. The van der Waals surface area contributed by atoms with Crippen molar-refractivity contribution in [2.75, 3.05) is 6.54 Å². The molecule has 0 aromatic carbocycles. The number of aliphatic hydroxyl groups is 1. The topological polar surface area (TPSA) is 66.4 Å². The number of nitrogens with one attached hydrogen (secondary N) is 1. The van der Waals surface area contributed by atoms with Crippen LogP contribution in [0.15, 0.2) is 0 Å². The van der Waals surface area contributed by atoms with Crippen LogP contribution in [0.3, 0.4) is 0 Å². The fraction of sp³-hybridized carbons (Fsp3) is 0.667. The molecule has 0 rings (SSSR count). The van der Waals surface area contributed by atoms with E-state index in [2.05, 4.69) is 5.32 Å². The number of amides is 1. The lowest BCUT2D eigenvalue weighted by Gasteiger charge is -2.01. The minimum absolute atomic E-state index is 0.155. The first kappa shape index (κ1) is 9.10. The Balaban J connectivity index is 3.19. The number of aldehydes is 1. The predicted molar refractivity (Wildman–Crippen MR) is 35.4 cm³/mol. The van der Waals surface area contributed by atoms with Crippen LogP contribution < -0.4 is 5.32 Å². The smallest absolute Gasteiger partial charge is 0.216 e. The third-order valence-corrected chi connectivity index (χ3v) is 0.971. The number of aliphatic hydroxyl groups excluding tert-OH is 1. The highest BCUT2D eigenvalue weighted by Gasteiger charge is 1.99. The van der Waals surface area contributed by atoms with E-state index in [9.17, 15) is 9.59 Å². The molecule has 0 aliphatic rings. The summed E-state index contributed by atoms with van der Waals surface area (Å²) < 4.78 is 0. The van der Waals surface area contributed by atoms with Gasteiger partial charge < -0.3 is 15.2 Å². The summed E-state index contributed by atoms with van der Waals surface area (Å²) in [4.78, 5) is 20.1. The van der Waals surface area contributed by atoms with E-state index in [-0.39, 0.29) is 12.3 Å². The average Bonchev–Trinajstić information content (AvgIpc) is 1.87. The molecule has 4 nitrogen and oxygen atoms in total. The van der Waals surface area contributed by atoms with Crippen molar-refractivity contribution in [2.24, 2.45) is 0 Å². The molecule has 0 heterocycles. The SMILES string of the molecule is CC(=O)NCCC(O)C=O. The Bertz CT molecular complexity index is 124. The zero-order valence-electron chi connectivity index (χ0n) is 5.83. The third kappa shape index (κ3) is 5.24. The molecular weight excluding hydrogens is 134 g/mol. The number of carbonyl (C=O) groups excluding carboxylic acids is 2. The van der Waals surface area contributed by atoms with E-state index < -0.39 is 6.10 Å². The molecule has 0 aliphatic heterocycles. The van der Waals surface area contributed by atoms with E-state index in [0.717, 1.165) is 0 Å². The van der Waals surface area contributed by atoms with Gasteiger partial charge in [0.15, 0.2) is 0 Å². The molecule has 2 N–H and O–H groups in total. The zero-order valence-corrected chi connectivity index (χ0v) is 5.83. The first-order chi connectivity index (χ1) is 4.66. The summed E-state index contributed by atoms with van der Waals surface area (Å²) in [5.74, 6) is -0.155. The molecule has 58 valence electrons. The van der Waals surface area contributed by atoms with Crippen molar-refractivity contribution in [2.45, 2.75) is 19.4 Å². The van der Waals surface area contributed by atoms with Crippen LogP contribution >= 0.6 is 0 Å². The number of hydrogen-bond donors (Lipinski definition) is 2. The van der Waals surface area contributed by atoms with Gasteiger partial charge in [0.2, 0.25) is 5.91 Å². The highest BCUT2D eigenvalue weighted by atomic mass is 16.3. The van der Waals surface area contributed by atoms with E-state index in [1.54, 1.807) is 0 Å². The van der Waals surface area contributed by atoms with Crippen molar-refractivity contribution in [3.05, 3.63) is 0 Å². The molecule has 0 saturated heterocycles. The van der Waals surface area contributed by atoms with Crippen LogP contribution in [0.1, 0.15) is 13.3 Å². The third-order valence-electron chi connectivity index (χ3n) is 0.971. The van der Waals surface area contributed by atoms with Crippen LogP contribution in [0.5, 0.6) is 0 Å². The minimum Gasteiger partial charge on any atom is -0.386 e. The summed E-state index contributed by atoms with van der Waals surface area (Å²) in [5, 5.41) is 11.1. The minimum atomic E-state index is -0.952. The Morgan fingerprint density at radius 1 is 1.80 bits per heavy atom. The van der Waals surface area contributed by atoms with Crippen LogP contribution in [0.4, 0.5) is 0 Å². The van der Waals surface area contributed by atoms with E-state index >= 15 is 0 Å². The van der Waals surface area contributed by atoms with Gasteiger partial charge >= 0.3 is 0 Å². The maximum atomic E-state index is 10.2. The summed E-state index contributed by atoms with van der Waals surface area (Å²) in [7, 11) is 0. The second-order valence-corrected chi connectivity index (χ2v) is 1.98. The Morgan fingerprint density at radius 3 is 2.80 bits per heavy atom. The summed E-state index contributed by atoms with van der Waals surface area (Å²) >= 11 is 0. The largest absolute Gasteiger partial charge is 0.386 e. The van der Waals surface area contributed by atoms with E-state index in [0.29, 0.717) is 12.8 Å². The standard InChI is InChI=1S/C6H11NO3/c1-5(9)7-3-2-6(10)4-8/h4,6,10H,2-3H2,1H3,(H,7,9). The lowest BCUT2D eigenvalue weighted by atomic mass is 10.3. The van der Waals surface area contributed by atoms with Crippen LogP contribution in [-0.4, -0.2) is 29.9 Å². The maximum absolute atomic E-state index is 10.2. The van der Waals surface area contributed by atoms with Crippen molar-refractivity contribution in [3.63, 3.8) is 0 Å². The molecule has 1 atom stereocenters. The highest BCUT2D eigenvalue weighted by Crippen LogP contribution is 1.83. The molecule has 0 saturated carbocycles. The van der Waals surface area contributed by atoms with Gasteiger partial charge in [-0.3, -0.25) is 4.79 Å². The van der Waals surface area contributed by atoms with Gasteiger partial charge in [0, 0.05) is 13.5 Å². The Labute approximate surface area is 59.2 Å². The van der Waals surface area contributed by atoms with Gasteiger partial charge in [-0.05, 0) is 6.42 Å². The molecular formula is C6H11NO3. The van der Waals surface area contributed by atoms with Gasteiger partial charge in [-0.15, -0.1) is 0 Å². The van der Waals surface area contributed by atoms with Gasteiger partial charge in [-0.2, -0.15) is 0 Å². The van der Waals surface area contributed by atoms with Crippen molar-refractivity contribution in [1.29, 1.82) is 0 Å². The molecule has 0 fully saturated rings. The van der Waals surface area contributed by atoms with Crippen LogP contribution in [0.25, 0.3) is 0 Å². The zero-order chi connectivity index (χ0) is 7.98. The number of hydrogen-bond acceptors (Lipinski definition) is 3. The quantitative estimate of drug-likeness (QED) is 0.502. The molecule has 0 bridgehead atoms. The lowest BCUT2D eigenvalue weighted by Crippen LogP contribution is -2.24. The first-order valence-electron chi connectivity index (χ1n) is 3.04. The molecule has 10 heavy (non-hydrogen) atoms. The number of rotatable bonds is 4. The molecule has 1 amide bonds. The van der Waals surface area contributed by atoms with Crippen LogP contribution in [-0.2, 0) is 9.59 Å². The van der Waals surface area contributed by atoms with Gasteiger partial charge in [0.1, 0.15) is 12.4 Å². The second kappa shape index (κ2) is 4.93. The summed E-state index contributed by atoms with van der Waals surface area (Å²) in [6.07, 6.45) is -0.225. The molecule has 0 spiro atoms. The first-order valence-corrected chi connectivity index (χ1v) is 3.04. The fourth-order valence-electron chi connectivity index (χ4n) is 0.464. The van der Waals surface area contributed by atoms with Gasteiger partial charge in [0.25, 0.3) is 0 Å². The Kier molecular flexibility index (Phi) is 4.49. The van der Waals surface area contributed by atoms with Crippen LogP contribution in [0, 0.1) is 0 Å². The van der Waals surface area contributed by atoms with Crippen LogP contribution in [0.2, 0.25) is 0 Å². The summed E-state index contributed by atoms with van der Waals surface area (Å²) in [6.45, 7) is 1.72. The highest BCUT2D eigenvalue weighted by molar-refractivity contribution is 5.72. The van der Waals surface area contributed by atoms with Crippen molar-refractivity contribution < 1.29 is 14.7 Å². The van der Waals surface area contributed by atoms with Gasteiger partial charge in [-0.1, -0.05) is 0 Å². The van der Waals surface area contributed by atoms with Gasteiger partial charge in [-0.25, -0.2) is 0 Å². The van der Waals surface area contributed by atoms with E-state index in [1.807, 2.05) is 0 Å². The maximum Gasteiger partial charge on any atom is 0.216 e. The molecule has 0 aromatic rings. The van der Waals surface area contributed by atoms with E-state index in [1.165, 1.54) is 6.92 Å². The summed E-state index contributed by atoms with van der Waals surface area (Å²) in [5.41, 5.74) is 0.